The maximum atomic E-state index is 12.7. The highest BCUT2D eigenvalue weighted by Crippen LogP contribution is 2.32. The van der Waals surface area contributed by atoms with Crippen molar-refractivity contribution in [1.82, 2.24) is 9.80 Å². The van der Waals surface area contributed by atoms with Crippen LogP contribution in [0.5, 0.6) is 5.75 Å². The van der Waals surface area contributed by atoms with Gasteiger partial charge in [-0.2, -0.15) is 0 Å². The summed E-state index contributed by atoms with van der Waals surface area (Å²) in [4.78, 5) is 16.8. The summed E-state index contributed by atoms with van der Waals surface area (Å²) >= 11 is 0. The van der Waals surface area contributed by atoms with Crippen molar-refractivity contribution >= 4 is 5.91 Å². The quantitative estimate of drug-likeness (QED) is 0.793. The molecule has 2 aromatic carbocycles. The number of aryl methyl sites for hydroxylation is 1. The minimum atomic E-state index is 0.172. The molecule has 3 rings (SSSR count). The van der Waals surface area contributed by atoms with Gasteiger partial charge >= 0.3 is 0 Å². The molecule has 1 heterocycles. The molecule has 138 valence electrons. The number of carbonyl (C=O) groups excluding carboxylic acids is 1. The Morgan fingerprint density at radius 3 is 2.50 bits per heavy atom. The molecule has 4 heteroatoms. The highest BCUT2D eigenvalue weighted by atomic mass is 16.5. The summed E-state index contributed by atoms with van der Waals surface area (Å²) in [7, 11) is 3.57. The summed E-state index contributed by atoms with van der Waals surface area (Å²) in [6.07, 6.45) is 2.23. The molecular formula is C22H28N2O2. The molecule has 1 amide bonds. The zero-order valence-corrected chi connectivity index (χ0v) is 15.9. The highest BCUT2D eigenvalue weighted by molar-refractivity contribution is 5.78. The van der Waals surface area contributed by atoms with Crippen molar-refractivity contribution in [2.45, 2.75) is 32.4 Å². The predicted molar refractivity (Wildman–Crippen MR) is 104 cm³/mol. The average Bonchev–Trinajstić information content (AvgIpc) is 3.11. The third-order valence-electron chi connectivity index (χ3n) is 5.17. The highest BCUT2D eigenvalue weighted by Gasteiger charge is 2.28. The van der Waals surface area contributed by atoms with Crippen LogP contribution < -0.4 is 4.74 Å². The molecule has 1 saturated heterocycles. The fraction of sp³-hybridized carbons (Fsp3) is 0.409. The summed E-state index contributed by atoms with van der Waals surface area (Å²) in [6, 6.07) is 16.9. The maximum Gasteiger partial charge on any atom is 0.236 e. The first kappa shape index (κ1) is 18.5. The Balaban J connectivity index is 1.60. The molecule has 1 aliphatic rings. The zero-order chi connectivity index (χ0) is 18.5. The van der Waals surface area contributed by atoms with E-state index in [2.05, 4.69) is 48.2 Å². The summed E-state index contributed by atoms with van der Waals surface area (Å²) < 4.78 is 5.24. The number of methoxy groups -OCH3 is 1. The van der Waals surface area contributed by atoms with Gasteiger partial charge in [-0.1, -0.05) is 42.0 Å². The summed E-state index contributed by atoms with van der Waals surface area (Å²) in [5.74, 6) is 1.04. The van der Waals surface area contributed by atoms with Gasteiger partial charge < -0.3 is 9.64 Å². The minimum Gasteiger partial charge on any atom is -0.497 e. The molecule has 0 aliphatic carbocycles. The molecule has 1 unspecified atom stereocenters. The number of hydrogen-bond donors (Lipinski definition) is 0. The van der Waals surface area contributed by atoms with E-state index in [1.54, 1.807) is 7.11 Å². The first-order chi connectivity index (χ1) is 12.6. The van der Waals surface area contributed by atoms with Crippen molar-refractivity contribution in [3.63, 3.8) is 0 Å². The Morgan fingerprint density at radius 2 is 1.85 bits per heavy atom. The van der Waals surface area contributed by atoms with Crippen LogP contribution in [0.2, 0.25) is 0 Å². The van der Waals surface area contributed by atoms with E-state index in [0.717, 1.165) is 25.1 Å². The van der Waals surface area contributed by atoms with Crippen LogP contribution in [0.15, 0.2) is 48.5 Å². The average molecular weight is 352 g/mol. The van der Waals surface area contributed by atoms with Crippen LogP contribution in [-0.4, -0.2) is 43.0 Å². The fourth-order valence-electron chi connectivity index (χ4n) is 3.57. The van der Waals surface area contributed by atoms with E-state index in [0.29, 0.717) is 19.1 Å². The zero-order valence-electron chi connectivity index (χ0n) is 15.9. The van der Waals surface area contributed by atoms with Crippen molar-refractivity contribution in [3.05, 3.63) is 65.2 Å². The van der Waals surface area contributed by atoms with Gasteiger partial charge in [0.2, 0.25) is 5.91 Å². The van der Waals surface area contributed by atoms with Gasteiger partial charge in [-0.25, -0.2) is 0 Å². The summed E-state index contributed by atoms with van der Waals surface area (Å²) in [5, 5.41) is 0. The number of hydrogen-bond acceptors (Lipinski definition) is 3. The lowest BCUT2D eigenvalue weighted by Gasteiger charge is -2.27. The lowest BCUT2D eigenvalue weighted by molar-refractivity contribution is -0.131. The number of likely N-dealkylation sites (tertiary alicyclic amines) is 1. The smallest absolute Gasteiger partial charge is 0.236 e. The standard InChI is InChI=1S/C22H28N2O2/c1-17-6-8-18(9-7-17)15-23(2)22(25)16-24-14-4-5-21(24)19-10-12-20(26-3)13-11-19/h6-13,21H,4-5,14-16H2,1-3H3. The SMILES string of the molecule is COc1ccc(C2CCCN2CC(=O)N(C)Cc2ccc(C)cc2)cc1. The monoisotopic (exact) mass is 352 g/mol. The van der Waals surface area contributed by atoms with E-state index in [4.69, 9.17) is 4.74 Å². The number of ether oxygens (including phenoxy) is 1. The third kappa shape index (κ3) is 4.44. The Hall–Kier alpha value is -2.33. The van der Waals surface area contributed by atoms with E-state index in [9.17, 15) is 4.79 Å². The molecule has 4 nitrogen and oxygen atoms in total. The summed E-state index contributed by atoms with van der Waals surface area (Å²) in [6.45, 7) is 4.17. The number of likely N-dealkylation sites (N-methyl/N-ethyl adjacent to an activating group) is 1. The van der Waals surface area contributed by atoms with Gasteiger partial charge in [0.05, 0.1) is 13.7 Å². The lowest BCUT2D eigenvalue weighted by Crippen LogP contribution is -2.37. The van der Waals surface area contributed by atoms with Gasteiger partial charge in [0.25, 0.3) is 0 Å². The number of amides is 1. The number of benzene rings is 2. The largest absolute Gasteiger partial charge is 0.497 e. The van der Waals surface area contributed by atoms with Crippen molar-refractivity contribution in [2.75, 3.05) is 27.2 Å². The van der Waals surface area contributed by atoms with Gasteiger partial charge in [-0.05, 0) is 49.6 Å². The van der Waals surface area contributed by atoms with Gasteiger partial charge in [-0.3, -0.25) is 9.69 Å². The van der Waals surface area contributed by atoms with Crippen LogP contribution in [-0.2, 0) is 11.3 Å². The molecule has 0 radical (unpaired) electrons. The molecule has 1 atom stereocenters. The van der Waals surface area contributed by atoms with Crippen LogP contribution in [0.25, 0.3) is 0 Å². The second-order valence-electron chi connectivity index (χ2n) is 7.14. The van der Waals surface area contributed by atoms with Gasteiger partial charge in [-0.15, -0.1) is 0 Å². The Labute approximate surface area is 156 Å². The second kappa shape index (κ2) is 8.37. The Kier molecular flexibility index (Phi) is 5.94. The first-order valence-corrected chi connectivity index (χ1v) is 9.24. The van der Waals surface area contributed by atoms with E-state index < -0.39 is 0 Å². The molecule has 1 fully saturated rings. The van der Waals surface area contributed by atoms with Crippen LogP contribution in [0, 0.1) is 6.92 Å². The van der Waals surface area contributed by atoms with Gasteiger partial charge in [0, 0.05) is 19.6 Å². The molecule has 0 bridgehead atoms. The van der Waals surface area contributed by atoms with Crippen LogP contribution >= 0.6 is 0 Å². The van der Waals surface area contributed by atoms with E-state index in [1.807, 2.05) is 24.1 Å². The van der Waals surface area contributed by atoms with E-state index in [1.165, 1.54) is 16.7 Å². The molecule has 26 heavy (non-hydrogen) atoms. The van der Waals surface area contributed by atoms with E-state index >= 15 is 0 Å². The van der Waals surface area contributed by atoms with Crippen LogP contribution in [0.3, 0.4) is 0 Å². The molecule has 0 spiro atoms. The number of carbonyl (C=O) groups is 1. The van der Waals surface area contributed by atoms with Crippen LogP contribution in [0.1, 0.15) is 35.6 Å². The molecule has 0 aromatic heterocycles. The lowest BCUT2D eigenvalue weighted by atomic mass is 10.0. The normalized spacial score (nSPS) is 17.3. The molecule has 0 N–H and O–H groups in total. The third-order valence-corrected chi connectivity index (χ3v) is 5.17. The molecule has 2 aromatic rings. The molecule has 0 saturated carbocycles. The first-order valence-electron chi connectivity index (χ1n) is 9.24. The van der Waals surface area contributed by atoms with Crippen molar-refractivity contribution < 1.29 is 9.53 Å². The van der Waals surface area contributed by atoms with Gasteiger partial charge in [0.1, 0.15) is 5.75 Å². The predicted octanol–water partition coefficient (Wildman–Crippen LogP) is 3.80. The number of rotatable bonds is 6. The Bertz CT molecular complexity index is 725. The minimum absolute atomic E-state index is 0.172. The fourth-order valence-corrected chi connectivity index (χ4v) is 3.57. The van der Waals surface area contributed by atoms with Crippen LogP contribution in [0.4, 0.5) is 0 Å². The van der Waals surface area contributed by atoms with Crippen molar-refractivity contribution in [1.29, 1.82) is 0 Å². The molecule has 1 aliphatic heterocycles. The molecular weight excluding hydrogens is 324 g/mol. The van der Waals surface area contributed by atoms with Gasteiger partial charge in [0.15, 0.2) is 0 Å². The number of nitrogens with zero attached hydrogens (tertiary/aromatic N) is 2. The maximum absolute atomic E-state index is 12.7. The summed E-state index contributed by atoms with van der Waals surface area (Å²) in [5.41, 5.74) is 3.67. The van der Waals surface area contributed by atoms with Crippen molar-refractivity contribution in [2.24, 2.45) is 0 Å². The second-order valence-corrected chi connectivity index (χ2v) is 7.14. The Morgan fingerprint density at radius 1 is 1.15 bits per heavy atom. The van der Waals surface area contributed by atoms with Crippen molar-refractivity contribution in [3.8, 4) is 5.75 Å². The topological polar surface area (TPSA) is 32.8 Å². The van der Waals surface area contributed by atoms with E-state index in [-0.39, 0.29) is 5.91 Å².